The van der Waals surface area contributed by atoms with Crippen molar-refractivity contribution in [3.8, 4) is 5.75 Å². The molecule has 6 heteroatoms. The summed E-state index contributed by atoms with van der Waals surface area (Å²) < 4.78 is 5.23. The van der Waals surface area contributed by atoms with Crippen molar-refractivity contribution < 1.29 is 9.53 Å². The van der Waals surface area contributed by atoms with E-state index in [1.54, 1.807) is 54.7 Å². The molecule has 0 unspecified atom stereocenters. The summed E-state index contributed by atoms with van der Waals surface area (Å²) in [6, 6.07) is 18.2. The summed E-state index contributed by atoms with van der Waals surface area (Å²) >= 11 is 6.01. The second-order valence-electron chi connectivity index (χ2n) is 6.09. The predicted octanol–water partition coefficient (Wildman–Crippen LogP) is 4.58. The highest BCUT2D eigenvalue weighted by molar-refractivity contribution is 6.33. The number of ether oxygens (including phenoxy) is 1. The van der Waals surface area contributed by atoms with Crippen LogP contribution in [0.15, 0.2) is 83.7 Å². The van der Waals surface area contributed by atoms with Gasteiger partial charge < -0.3 is 4.74 Å². The largest absolute Gasteiger partial charge is 0.497 e. The van der Waals surface area contributed by atoms with E-state index in [2.05, 4.69) is 9.98 Å². The molecule has 0 bridgehead atoms. The van der Waals surface area contributed by atoms with Gasteiger partial charge in [-0.15, -0.1) is 0 Å². The number of carbonyl (C=O) groups excluding carboxylic acids is 1. The van der Waals surface area contributed by atoms with E-state index in [1.807, 2.05) is 36.4 Å². The van der Waals surface area contributed by atoms with Crippen molar-refractivity contribution in [1.29, 1.82) is 0 Å². The van der Waals surface area contributed by atoms with Gasteiger partial charge in [0.2, 0.25) is 0 Å². The molecule has 0 saturated carbocycles. The van der Waals surface area contributed by atoms with E-state index in [4.69, 9.17) is 16.3 Å². The maximum absolute atomic E-state index is 13.2. The molecule has 2 heterocycles. The Hall–Kier alpha value is -3.44. The van der Waals surface area contributed by atoms with Crippen molar-refractivity contribution in [2.24, 2.45) is 4.99 Å². The SMILES string of the molecule is COc1ccc(C2=N/C(=C/c3ccncc3)C(=O)N2c2ccc(Cl)cc2)cc1. The molecule has 138 valence electrons. The Morgan fingerprint density at radius 2 is 1.64 bits per heavy atom. The lowest BCUT2D eigenvalue weighted by atomic mass is 10.1. The molecule has 0 aliphatic carbocycles. The lowest BCUT2D eigenvalue weighted by Crippen LogP contribution is -2.32. The molecule has 3 aromatic rings. The zero-order valence-electron chi connectivity index (χ0n) is 15.0. The van der Waals surface area contributed by atoms with Crippen molar-refractivity contribution in [3.63, 3.8) is 0 Å². The molecule has 28 heavy (non-hydrogen) atoms. The second-order valence-corrected chi connectivity index (χ2v) is 6.53. The van der Waals surface area contributed by atoms with Crippen LogP contribution in [0.25, 0.3) is 6.08 Å². The van der Waals surface area contributed by atoms with E-state index in [0.29, 0.717) is 22.2 Å². The summed E-state index contributed by atoms with van der Waals surface area (Å²) in [5.74, 6) is 1.08. The topological polar surface area (TPSA) is 54.8 Å². The van der Waals surface area contributed by atoms with Crippen molar-refractivity contribution in [2.75, 3.05) is 12.0 Å². The summed E-state index contributed by atoms with van der Waals surface area (Å²) in [6.07, 6.45) is 5.11. The van der Waals surface area contributed by atoms with Gasteiger partial charge in [0.25, 0.3) is 5.91 Å². The number of benzene rings is 2. The number of aromatic nitrogens is 1. The van der Waals surface area contributed by atoms with Crippen LogP contribution in [-0.2, 0) is 4.79 Å². The highest BCUT2D eigenvalue weighted by Gasteiger charge is 2.32. The van der Waals surface area contributed by atoms with Crippen LogP contribution < -0.4 is 9.64 Å². The molecule has 0 radical (unpaired) electrons. The fourth-order valence-electron chi connectivity index (χ4n) is 2.90. The van der Waals surface area contributed by atoms with Gasteiger partial charge in [0.05, 0.1) is 12.8 Å². The molecule has 1 aromatic heterocycles. The Morgan fingerprint density at radius 3 is 2.29 bits per heavy atom. The van der Waals surface area contributed by atoms with Crippen LogP contribution in [0.3, 0.4) is 0 Å². The summed E-state index contributed by atoms with van der Waals surface area (Å²) in [4.78, 5) is 23.4. The number of halogens is 1. The third kappa shape index (κ3) is 3.52. The molecule has 1 aliphatic heterocycles. The monoisotopic (exact) mass is 389 g/mol. The average Bonchev–Trinajstić information content (AvgIpc) is 3.05. The molecule has 4 rings (SSSR count). The van der Waals surface area contributed by atoms with Crippen LogP contribution in [0, 0.1) is 0 Å². The van der Waals surface area contributed by atoms with Crippen molar-refractivity contribution in [3.05, 3.63) is 94.9 Å². The van der Waals surface area contributed by atoms with Gasteiger partial charge in [-0.25, -0.2) is 4.99 Å². The Labute approximate surface area is 167 Å². The predicted molar refractivity (Wildman–Crippen MR) is 111 cm³/mol. The first-order valence-electron chi connectivity index (χ1n) is 8.60. The lowest BCUT2D eigenvalue weighted by Gasteiger charge is -2.18. The number of nitrogens with zero attached hydrogens (tertiary/aromatic N) is 3. The molecule has 1 amide bonds. The standard InChI is InChI=1S/C22H16ClN3O2/c1-28-19-8-2-16(3-9-19)21-25-20(14-15-10-12-24-13-11-15)22(27)26(21)18-6-4-17(23)5-7-18/h2-14H,1H3/b20-14+. The summed E-state index contributed by atoms with van der Waals surface area (Å²) in [5.41, 5.74) is 2.71. The number of pyridine rings is 1. The number of hydrogen-bond donors (Lipinski definition) is 0. The van der Waals surface area contributed by atoms with E-state index in [1.165, 1.54) is 0 Å². The number of carbonyl (C=O) groups is 1. The quantitative estimate of drug-likeness (QED) is 0.614. The Kier molecular flexibility index (Phi) is 4.91. The molecule has 0 saturated heterocycles. The lowest BCUT2D eigenvalue weighted by molar-refractivity contribution is -0.113. The third-order valence-corrected chi connectivity index (χ3v) is 4.55. The average molecular weight is 390 g/mol. The van der Waals surface area contributed by atoms with Crippen molar-refractivity contribution in [1.82, 2.24) is 4.98 Å². The second kappa shape index (κ2) is 7.66. The van der Waals surface area contributed by atoms with Gasteiger partial charge in [-0.1, -0.05) is 11.6 Å². The first-order chi connectivity index (χ1) is 13.7. The van der Waals surface area contributed by atoms with Crippen LogP contribution >= 0.6 is 11.6 Å². The normalized spacial score (nSPS) is 15.1. The molecule has 1 aliphatic rings. The zero-order valence-corrected chi connectivity index (χ0v) is 15.8. The zero-order chi connectivity index (χ0) is 19.5. The van der Waals surface area contributed by atoms with E-state index >= 15 is 0 Å². The number of anilines is 1. The first kappa shape index (κ1) is 17.9. The summed E-state index contributed by atoms with van der Waals surface area (Å²) in [6.45, 7) is 0. The van der Waals surface area contributed by atoms with Crippen molar-refractivity contribution >= 4 is 35.1 Å². The van der Waals surface area contributed by atoms with E-state index < -0.39 is 0 Å². The van der Waals surface area contributed by atoms with Gasteiger partial charge in [0.15, 0.2) is 0 Å². The van der Waals surface area contributed by atoms with Gasteiger partial charge in [-0.3, -0.25) is 14.7 Å². The maximum atomic E-state index is 13.2. The highest BCUT2D eigenvalue weighted by atomic mass is 35.5. The highest BCUT2D eigenvalue weighted by Crippen LogP contribution is 2.29. The van der Waals surface area contributed by atoms with Crippen LogP contribution in [0.2, 0.25) is 5.02 Å². The van der Waals surface area contributed by atoms with Gasteiger partial charge >= 0.3 is 0 Å². The van der Waals surface area contributed by atoms with E-state index in [9.17, 15) is 4.79 Å². The smallest absolute Gasteiger partial charge is 0.282 e. The Bertz CT molecular complexity index is 1060. The van der Waals surface area contributed by atoms with E-state index in [0.717, 1.165) is 16.9 Å². The number of methoxy groups -OCH3 is 1. The molecule has 0 spiro atoms. The van der Waals surface area contributed by atoms with Gasteiger partial charge in [-0.2, -0.15) is 0 Å². The minimum absolute atomic E-state index is 0.204. The fourth-order valence-corrected chi connectivity index (χ4v) is 3.02. The Balaban J connectivity index is 1.80. The van der Waals surface area contributed by atoms with E-state index in [-0.39, 0.29) is 5.91 Å². The number of hydrogen-bond acceptors (Lipinski definition) is 4. The number of amidine groups is 1. The minimum Gasteiger partial charge on any atom is -0.497 e. The molecular formula is C22H16ClN3O2. The van der Waals surface area contributed by atoms with Gasteiger partial charge in [-0.05, 0) is 72.3 Å². The number of aliphatic imine (C=N–C) groups is 1. The van der Waals surface area contributed by atoms with Crippen molar-refractivity contribution in [2.45, 2.75) is 0 Å². The maximum Gasteiger partial charge on any atom is 0.282 e. The van der Waals surface area contributed by atoms with Gasteiger partial charge in [0.1, 0.15) is 17.3 Å². The molecule has 2 aromatic carbocycles. The van der Waals surface area contributed by atoms with Crippen LogP contribution in [0.4, 0.5) is 5.69 Å². The molecule has 0 atom stereocenters. The third-order valence-electron chi connectivity index (χ3n) is 4.30. The summed E-state index contributed by atoms with van der Waals surface area (Å²) in [5, 5.41) is 0.603. The van der Waals surface area contributed by atoms with Crippen LogP contribution in [-0.4, -0.2) is 23.8 Å². The van der Waals surface area contributed by atoms with Crippen LogP contribution in [0.1, 0.15) is 11.1 Å². The number of rotatable bonds is 4. The minimum atomic E-state index is -0.204. The molecule has 0 fully saturated rings. The molecule has 0 N–H and O–H groups in total. The Morgan fingerprint density at radius 1 is 0.964 bits per heavy atom. The summed E-state index contributed by atoms with van der Waals surface area (Å²) in [7, 11) is 1.61. The van der Waals surface area contributed by atoms with Gasteiger partial charge in [0, 0.05) is 23.0 Å². The number of amides is 1. The van der Waals surface area contributed by atoms with Crippen LogP contribution in [0.5, 0.6) is 5.75 Å². The molecule has 5 nitrogen and oxygen atoms in total. The first-order valence-corrected chi connectivity index (χ1v) is 8.98. The fraction of sp³-hybridized carbons (Fsp3) is 0.0455. The molecular weight excluding hydrogens is 374 g/mol.